The van der Waals surface area contributed by atoms with Crippen LogP contribution in [0.1, 0.15) is 35.6 Å². The van der Waals surface area contributed by atoms with Crippen LogP contribution in [-0.2, 0) is 14.2 Å². The van der Waals surface area contributed by atoms with E-state index in [9.17, 15) is 19.8 Å². The summed E-state index contributed by atoms with van der Waals surface area (Å²) in [7, 11) is 1.43. The average molecular weight is 578 g/mol. The van der Waals surface area contributed by atoms with E-state index in [4.69, 9.17) is 23.4 Å². The maximum Gasteiger partial charge on any atom is 0.368 e. The molecule has 0 bridgehead atoms. The number of azo groups is 1. The molecule has 0 amide bonds. The van der Waals surface area contributed by atoms with Crippen LogP contribution in [-0.4, -0.2) is 58.5 Å². The van der Waals surface area contributed by atoms with Crippen LogP contribution in [0.3, 0.4) is 0 Å². The Kier molecular flexibility index (Phi) is 7.87. The van der Waals surface area contributed by atoms with Crippen molar-refractivity contribution in [2.24, 2.45) is 10.2 Å². The fourth-order valence-electron chi connectivity index (χ4n) is 4.92. The molecule has 4 aromatic rings. The lowest BCUT2D eigenvalue weighted by molar-refractivity contribution is -0.305. The van der Waals surface area contributed by atoms with E-state index in [1.54, 1.807) is 64.1 Å². The second-order valence-electron chi connectivity index (χ2n) is 10.5. The zero-order valence-electron chi connectivity index (χ0n) is 23.7. The molecule has 0 aliphatic carbocycles. The first-order chi connectivity index (χ1) is 20.0. The molecule has 3 heterocycles. The normalized spacial score (nSPS) is 22.0. The number of aromatic amines is 1. The third-order valence-corrected chi connectivity index (χ3v) is 7.06. The lowest BCUT2D eigenvalue weighted by atomic mass is 9.89. The van der Waals surface area contributed by atoms with Gasteiger partial charge in [-0.1, -0.05) is 18.2 Å². The summed E-state index contributed by atoms with van der Waals surface area (Å²) in [6.07, 6.45) is -4.74. The van der Waals surface area contributed by atoms with Crippen molar-refractivity contribution in [3.63, 3.8) is 0 Å². The van der Waals surface area contributed by atoms with Gasteiger partial charge in [0, 0.05) is 18.4 Å². The minimum absolute atomic E-state index is 0.0538. The van der Waals surface area contributed by atoms with Crippen LogP contribution in [0.4, 0.5) is 11.4 Å². The number of ether oxygens (including phenoxy) is 4. The molecule has 1 aliphatic rings. The predicted octanol–water partition coefficient (Wildman–Crippen LogP) is 4.97. The topological polar surface area (TPSA) is 165 Å². The van der Waals surface area contributed by atoms with Gasteiger partial charge in [-0.2, -0.15) is 5.11 Å². The predicted molar refractivity (Wildman–Crippen MR) is 151 cm³/mol. The maximum absolute atomic E-state index is 12.8. The van der Waals surface area contributed by atoms with Gasteiger partial charge in [-0.25, -0.2) is 9.59 Å². The summed E-state index contributed by atoms with van der Waals surface area (Å²) in [5, 5.41) is 30.2. The minimum Gasteiger partial charge on any atom is -0.505 e. The molecular formula is C30H31N3O9. The zero-order chi connectivity index (χ0) is 30.2. The van der Waals surface area contributed by atoms with E-state index in [2.05, 4.69) is 15.2 Å². The smallest absolute Gasteiger partial charge is 0.368 e. The van der Waals surface area contributed by atoms with Gasteiger partial charge in [-0.3, -0.25) is 0 Å². The number of esters is 1. The largest absolute Gasteiger partial charge is 0.505 e. The van der Waals surface area contributed by atoms with Gasteiger partial charge in [0.15, 0.2) is 18.0 Å². The summed E-state index contributed by atoms with van der Waals surface area (Å²) in [6.45, 7) is 6.86. The van der Waals surface area contributed by atoms with E-state index < -0.39 is 47.5 Å². The maximum atomic E-state index is 12.8. The number of rotatable bonds is 7. The number of aromatic nitrogens is 1. The summed E-state index contributed by atoms with van der Waals surface area (Å²) in [5.41, 5.74) is -0.405. The van der Waals surface area contributed by atoms with Crippen molar-refractivity contribution in [3.05, 3.63) is 82.0 Å². The van der Waals surface area contributed by atoms with Crippen molar-refractivity contribution in [1.82, 2.24) is 4.98 Å². The molecule has 2 aromatic heterocycles. The van der Waals surface area contributed by atoms with Crippen LogP contribution in [0, 0.1) is 13.8 Å². The summed E-state index contributed by atoms with van der Waals surface area (Å²) in [5.74, 6) is -0.880. The Balaban J connectivity index is 1.44. The van der Waals surface area contributed by atoms with Crippen molar-refractivity contribution >= 4 is 28.3 Å². The number of hydrogen-bond donors (Lipinski definition) is 3. The van der Waals surface area contributed by atoms with Crippen molar-refractivity contribution in [2.75, 3.05) is 7.11 Å². The number of fused-ring (bicyclic) bond motifs is 1. The molecule has 0 radical (unpaired) electrons. The van der Waals surface area contributed by atoms with Crippen molar-refractivity contribution in [3.8, 4) is 11.5 Å². The Bertz CT molecular complexity index is 1690. The number of hydrogen-bond acceptors (Lipinski definition) is 11. The first-order valence-corrected chi connectivity index (χ1v) is 13.2. The fourth-order valence-corrected chi connectivity index (χ4v) is 4.92. The molecule has 220 valence electrons. The molecule has 5 rings (SSSR count). The third-order valence-electron chi connectivity index (χ3n) is 7.06. The number of benzene rings is 2. The number of nitrogens with zero attached hydrogens (tertiary/aromatic N) is 2. The SMILES string of the molecule is CO[C@@H]1[C@@H](OC(=O)c2ccc(C)[nH]2)[C@@H](O)[C@H](Oc2ccc3c(O)c(N=Nc4ccccc4)c(=O)oc3c2C)OC1(C)C. The van der Waals surface area contributed by atoms with Gasteiger partial charge < -0.3 is 38.6 Å². The number of carbonyl (C=O) groups is 1. The Morgan fingerprint density at radius 2 is 1.79 bits per heavy atom. The van der Waals surface area contributed by atoms with Gasteiger partial charge in [0.1, 0.15) is 23.1 Å². The monoisotopic (exact) mass is 577 g/mol. The van der Waals surface area contributed by atoms with E-state index in [1.165, 1.54) is 19.2 Å². The Hall–Kier alpha value is -4.52. The Labute approximate surface area is 240 Å². The minimum atomic E-state index is -1.46. The highest BCUT2D eigenvalue weighted by Crippen LogP contribution is 2.39. The van der Waals surface area contributed by atoms with Crippen LogP contribution in [0.5, 0.6) is 11.5 Å². The fraction of sp³-hybridized carbons (Fsp3) is 0.333. The first kappa shape index (κ1) is 29.0. The van der Waals surface area contributed by atoms with Crippen LogP contribution >= 0.6 is 0 Å². The first-order valence-electron chi connectivity index (χ1n) is 13.2. The number of aromatic hydroxyl groups is 1. The zero-order valence-corrected chi connectivity index (χ0v) is 23.7. The number of aliphatic hydroxyl groups excluding tert-OH is 1. The van der Waals surface area contributed by atoms with Gasteiger partial charge in [0.25, 0.3) is 0 Å². The van der Waals surface area contributed by atoms with Crippen molar-refractivity contribution in [2.45, 2.75) is 57.9 Å². The highest BCUT2D eigenvalue weighted by molar-refractivity contribution is 5.90. The molecule has 12 heteroatoms. The van der Waals surface area contributed by atoms with Gasteiger partial charge in [0.05, 0.1) is 16.7 Å². The highest BCUT2D eigenvalue weighted by atomic mass is 16.7. The van der Waals surface area contributed by atoms with Crippen molar-refractivity contribution in [1.29, 1.82) is 0 Å². The number of carbonyl (C=O) groups excluding carboxylic acids is 1. The van der Waals surface area contributed by atoms with Gasteiger partial charge >= 0.3 is 11.6 Å². The molecule has 0 spiro atoms. The molecule has 0 saturated carbocycles. The van der Waals surface area contributed by atoms with E-state index in [1.807, 2.05) is 6.07 Å². The standard InChI is InChI=1S/C30H31N3O9/c1-15-11-13-19(31-15)27(36)41-25-23(35)29(42-30(3,4)26(25)38-5)39-20-14-12-18-22(34)21(28(37)40-24(18)16(20)2)33-32-17-9-7-6-8-10-17/h6-14,23,25-26,29,31,34-35H,1-5H3/t23-,25+,26-,29-/m1/s1. The van der Waals surface area contributed by atoms with E-state index >= 15 is 0 Å². The summed E-state index contributed by atoms with van der Waals surface area (Å²) in [6, 6.07) is 15.1. The molecule has 1 fully saturated rings. The van der Waals surface area contributed by atoms with E-state index in [0.29, 0.717) is 11.3 Å². The highest BCUT2D eigenvalue weighted by Gasteiger charge is 2.53. The van der Waals surface area contributed by atoms with E-state index in [-0.39, 0.29) is 28.1 Å². The van der Waals surface area contributed by atoms with Crippen LogP contribution < -0.4 is 10.4 Å². The van der Waals surface area contributed by atoms with Gasteiger partial charge in [0.2, 0.25) is 12.0 Å². The van der Waals surface area contributed by atoms with E-state index in [0.717, 1.165) is 5.69 Å². The summed E-state index contributed by atoms with van der Waals surface area (Å²) < 4.78 is 28.9. The molecule has 3 N–H and O–H groups in total. The van der Waals surface area contributed by atoms with Crippen molar-refractivity contribution < 1.29 is 38.4 Å². The Morgan fingerprint density at radius 1 is 1.05 bits per heavy atom. The van der Waals surface area contributed by atoms with Crippen LogP contribution in [0.25, 0.3) is 11.0 Å². The molecule has 42 heavy (non-hydrogen) atoms. The Morgan fingerprint density at radius 3 is 2.45 bits per heavy atom. The second kappa shape index (κ2) is 11.4. The molecule has 2 aromatic carbocycles. The summed E-state index contributed by atoms with van der Waals surface area (Å²) >= 11 is 0. The van der Waals surface area contributed by atoms with Gasteiger partial charge in [-0.05, 0) is 64.1 Å². The molecule has 4 atom stereocenters. The molecule has 12 nitrogen and oxygen atoms in total. The number of nitrogens with one attached hydrogen (secondary N) is 1. The number of aryl methyl sites for hydroxylation is 2. The molecule has 1 aliphatic heterocycles. The lowest BCUT2D eigenvalue weighted by Crippen LogP contribution is -2.65. The second-order valence-corrected chi connectivity index (χ2v) is 10.5. The average Bonchev–Trinajstić information content (AvgIpc) is 3.40. The van der Waals surface area contributed by atoms with Crippen LogP contribution in [0.2, 0.25) is 0 Å². The number of H-pyrrole nitrogens is 1. The van der Waals surface area contributed by atoms with Gasteiger partial charge in [-0.15, -0.1) is 5.11 Å². The molecule has 1 saturated heterocycles. The number of methoxy groups -OCH3 is 1. The van der Waals surface area contributed by atoms with Crippen LogP contribution in [0.15, 0.2) is 74.0 Å². The summed E-state index contributed by atoms with van der Waals surface area (Å²) in [4.78, 5) is 28.5. The molecular weight excluding hydrogens is 546 g/mol. The quantitative estimate of drug-likeness (QED) is 0.156. The third kappa shape index (κ3) is 5.51. The lowest BCUT2D eigenvalue weighted by Gasteiger charge is -2.47. The number of aliphatic hydroxyl groups is 1. The molecule has 0 unspecified atom stereocenters.